The molecule has 3 aliphatic rings. The fraction of sp³-hybridized carbons (Fsp3) is 0.545. The molecule has 0 unspecified atom stereocenters. The van der Waals surface area contributed by atoms with Gasteiger partial charge in [0.05, 0.1) is 39.7 Å². The van der Waals surface area contributed by atoms with E-state index in [1.807, 2.05) is 4.90 Å². The lowest BCUT2D eigenvalue weighted by molar-refractivity contribution is -0.0221. The van der Waals surface area contributed by atoms with E-state index in [0.29, 0.717) is 28.9 Å². The van der Waals surface area contributed by atoms with Gasteiger partial charge >= 0.3 is 6.09 Å². The van der Waals surface area contributed by atoms with Crippen molar-refractivity contribution in [2.24, 2.45) is 5.41 Å². The number of aliphatic hydroxyl groups is 1. The van der Waals surface area contributed by atoms with E-state index in [9.17, 15) is 31.9 Å². The number of piperidine rings is 2. The zero-order valence-electron chi connectivity index (χ0n) is 28.1. The molecule has 12 nitrogen and oxygen atoms in total. The summed E-state index contributed by atoms with van der Waals surface area (Å²) >= 11 is 1.01. The number of anilines is 5. The number of sulfonamides is 1. The monoisotopic (exact) mass is 738 g/mol. The number of ether oxygens (including phenoxy) is 1. The van der Waals surface area contributed by atoms with Gasteiger partial charge in [0.25, 0.3) is 11.8 Å². The van der Waals surface area contributed by atoms with E-state index >= 15 is 4.39 Å². The zero-order valence-corrected chi connectivity index (χ0v) is 29.7. The number of amides is 2. The first-order valence-electron chi connectivity index (χ1n) is 16.5. The van der Waals surface area contributed by atoms with Crippen molar-refractivity contribution in [3.63, 3.8) is 0 Å². The number of carbonyl (C=O) groups is 2. The Morgan fingerprint density at radius 3 is 2.28 bits per heavy atom. The summed E-state index contributed by atoms with van der Waals surface area (Å²) in [6, 6.07) is 5.84. The highest BCUT2D eigenvalue weighted by Gasteiger charge is 2.45. The highest BCUT2D eigenvalue weighted by atomic mass is 32.2. The summed E-state index contributed by atoms with van der Waals surface area (Å²) in [5, 5.41) is 14.5. The van der Waals surface area contributed by atoms with Crippen molar-refractivity contribution in [1.29, 1.82) is 0 Å². The summed E-state index contributed by atoms with van der Waals surface area (Å²) in [5.41, 5.74) is 0.243. The molecule has 1 aliphatic carbocycles. The van der Waals surface area contributed by atoms with Crippen molar-refractivity contribution < 1.29 is 41.0 Å². The highest BCUT2D eigenvalue weighted by molar-refractivity contribution is 7.92. The predicted molar refractivity (Wildman–Crippen MR) is 188 cm³/mol. The maximum atomic E-state index is 16.5. The van der Waals surface area contributed by atoms with Crippen LogP contribution in [-0.4, -0.2) is 80.6 Å². The van der Waals surface area contributed by atoms with Crippen molar-refractivity contribution >= 4 is 71.5 Å². The number of benzene rings is 2. The largest absolute Gasteiger partial charge is 0.444 e. The summed E-state index contributed by atoms with van der Waals surface area (Å²) in [4.78, 5) is 34.4. The minimum absolute atomic E-state index is 0.0681. The first kappa shape index (κ1) is 36.0. The van der Waals surface area contributed by atoms with Crippen LogP contribution in [0.25, 0.3) is 10.2 Å². The maximum absolute atomic E-state index is 16.5. The highest BCUT2D eigenvalue weighted by Crippen LogP contribution is 2.54. The van der Waals surface area contributed by atoms with Gasteiger partial charge in [-0.05, 0) is 76.1 Å². The molecule has 272 valence electrons. The van der Waals surface area contributed by atoms with Gasteiger partial charge in [-0.3, -0.25) is 14.8 Å². The number of nitrogens with zero attached hydrogens (tertiary/aromatic N) is 3. The Balaban J connectivity index is 1.35. The minimum atomic E-state index is -3.85. The summed E-state index contributed by atoms with van der Waals surface area (Å²) in [7, 11) is -3.85. The molecule has 50 heavy (non-hydrogen) atoms. The van der Waals surface area contributed by atoms with Gasteiger partial charge in [0.1, 0.15) is 16.8 Å². The molecule has 1 spiro atoms. The first-order valence-corrected chi connectivity index (χ1v) is 19.0. The van der Waals surface area contributed by atoms with Gasteiger partial charge < -0.3 is 25.0 Å². The third-order valence-corrected chi connectivity index (χ3v) is 11.4. The van der Waals surface area contributed by atoms with Crippen LogP contribution in [0.2, 0.25) is 0 Å². The molecule has 2 aromatic carbocycles. The Morgan fingerprint density at radius 2 is 1.66 bits per heavy atom. The molecule has 0 bridgehead atoms. The van der Waals surface area contributed by atoms with Crippen LogP contribution in [0.1, 0.15) is 69.7 Å². The average molecular weight is 739 g/mol. The summed E-state index contributed by atoms with van der Waals surface area (Å²) < 4.78 is 77.7. The minimum Gasteiger partial charge on any atom is -0.444 e. The van der Waals surface area contributed by atoms with Crippen molar-refractivity contribution in [3.05, 3.63) is 35.6 Å². The van der Waals surface area contributed by atoms with Gasteiger partial charge in [0, 0.05) is 39.0 Å². The van der Waals surface area contributed by atoms with Crippen LogP contribution in [0.5, 0.6) is 0 Å². The lowest BCUT2D eigenvalue weighted by Crippen LogP contribution is -2.40. The van der Waals surface area contributed by atoms with Crippen LogP contribution in [0.3, 0.4) is 0 Å². The Bertz CT molecular complexity index is 1890. The standard InChI is InChI=1S/C33H41F3N6O6S2/c1-31(2,3)48-30(45)39-29-38-26-24(49-29)19-22(25(34)27(26)42-14-10-33(35,36)11-15-42)37-28(44)21-5-4-20(40-50(46,47)17-16-43)18-23(21)41-12-8-32(6-7-32)9-13-41/h4-5,18-19,40,43H,6-17H2,1-3H3,(H,37,44)(H,38,39,45). The van der Waals surface area contributed by atoms with Crippen LogP contribution in [0, 0.1) is 11.2 Å². The number of nitrogens with one attached hydrogen (secondary N) is 3. The number of halogens is 3. The molecule has 0 atom stereocenters. The van der Waals surface area contributed by atoms with Crippen LogP contribution in [-0.2, 0) is 14.8 Å². The second-order valence-electron chi connectivity index (χ2n) is 14.2. The van der Waals surface area contributed by atoms with Crippen LogP contribution >= 0.6 is 11.3 Å². The van der Waals surface area contributed by atoms with Crippen LogP contribution < -0.4 is 25.2 Å². The lowest BCUT2D eigenvalue weighted by atomic mass is 9.93. The Labute approximate surface area is 292 Å². The second kappa shape index (κ2) is 13.4. The first-order chi connectivity index (χ1) is 23.5. The lowest BCUT2D eigenvalue weighted by Gasteiger charge is -2.35. The van der Waals surface area contributed by atoms with Gasteiger partial charge in [0.2, 0.25) is 10.0 Å². The summed E-state index contributed by atoms with van der Waals surface area (Å²) in [6.07, 6.45) is 2.39. The molecule has 6 rings (SSSR count). The second-order valence-corrected chi connectivity index (χ2v) is 17.1. The Morgan fingerprint density at radius 1 is 1.00 bits per heavy atom. The molecule has 3 heterocycles. The molecule has 2 saturated heterocycles. The van der Waals surface area contributed by atoms with E-state index in [4.69, 9.17) is 4.74 Å². The number of hydrogen-bond acceptors (Lipinski definition) is 10. The molecule has 0 radical (unpaired) electrons. The molecule has 2 aliphatic heterocycles. The summed E-state index contributed by atoms with van der Waals surface area (Å²) in [5.74, 6) is -4.93. The van der Waals surface area contributed by atoms with Crippen molar-refractivity contribution in [2.75, 3.05) is 63.7 Å². The normalized spacial score (nSPS) is 18.6. The SMILES string of the molecule is CC(C)(C)OC(=O)Nc1nc2c(N3CCC(F)(F)CC3)c(F)c(NC(=O)c3ccc(NS(=O)(=O)CCO)cc3N3CCC4(CC3)CC4)cc2s1. The van der Waals surface area contributed by atoms with Gasteiger partial charge in [-0.2, -0.15) is 0 Å². The smallest absolute Gasteiger partial charge is 0.413 e. The number of carbonyl (C=O) groups excluding carboxylic acids is 2. The van der Waals surface area contributed by atoms with E-state index in [1.165, 1.54) is 23.1 Å². The quantitative estimate of drug-likeness (QED) is 0.196. The molecular formula is C33H41F3N6O6S2. The molecule has 1 aromatic heterocycles. The number of aromatic nitrogens is 1. The molecule has 3 aromatic rings. The van der Waals surface area contributed by atoms with E-state index < -0.39 is 64.6 Å². The predicted octanol–water partition coefficient (Wildman–Crippen LogP) is 6.38. The molecule has 17 heteroatoms. The fourth-order valence-corrected chi connectivity index (χ4v) is 8.12. The van der Waals surface area contributed by atoms with E-state index in [0.717, 1.165) is 37.0 Å². The number of thiazole rings is 1. The Kier molecular flexibility index (Phi) is 9.62. The van der Waals surface area contributed by atoms with Crippen LogP contribution in [0.4, 0.5) is 45.8 Å². The summed E-state index contributed by atoms with van der Waals surface area (Å²) in [6.45, 7) is 5.51. The van der Waals surface area contributed by atoms with Crippen LogP contribution in [0.15, 0.2) is 24.3 Å². The number of rotatable bonds is 9. The topological polar surface area (TPSA) is 153 Å². The zero-order chi connectivity index (χ0) is 36.1. The van der Waals surface area contributed by atoms with Crippen molar-refractivity contribution in [1.82, 2.24) is 4.98 Å². The van der Waals surface area contributed by atoms with Crippen molar-refractivity contribution in [2.45, 2.75) is 70.8 Å². The molecule has 2 amide bonds. The molecular weight excluding hydrogens is 698 g/mol. The van der Waals surface area contributed by atoms with E-state index in [1.54, 1.807) is 26.8 Å². The number of aliphatic hydroxyl groups excluding tert-OH is 1. The fourth-order valence-electron chi connectivity index (χ4n) is 6.39. The van der Waals surface area contributed by atoms with Gasteiger partial charge in [-0.25, -0.2) is 31.4 Å². The third kappa shape index (κ3) is 8.20. The average Bonchev–Trinajstić information content (AvgIpc) is 3.65. The molecule has 4 N–H and O–H groups in total. The number of hydrogen-bond donors (Lipinski definition) is 4. The maximum Gasteiger partial charge on any atom is 0.413 e. The van der Waals surface area contributed by atoms with Gasteiger partial charge in [0.15, 0.2) is 10.9 Å². The van der Waals surface area contributed by atoms with E-state index in [-0.39, 0.29) is 46.4 Å². The number of fused-ring (bicyclic) bond motifs is 1. The third-order valence-electron chi connectivity index (χ3n) is 9.26. The van der Waals surface area contributed by atoms with E-state index in [2.05, 4.69) is 20.3 Å². The van der Waals surface area contributed by atoms with Crippen molar-refractivity contribution in [3.8, 4) is 0 Å². The Hall–Kier alpha value is -3.83. The molecule has 1 saturated carbocycles. The van der Waals surface area contributed by atoms with Gasteiger partial charge in [-0.1, -0.05) is 11.3 Å². The molecule has 3 fully saturated rings. The number of alkyl halides is 2. The van der Waals surface area contributed by atoms with Gasteiger partial charge in [-0.15, -0.1) is 0 Å².